The van der Waals surface area contributed by atoms with Gasteiger partial charge < -0.3 is 203 Å². The maximum Gasteiger partial charge on any atom is 0.315 e. The molecule has 42 nitrogen and oxygen atoms in total. The average molecular weight is 1750 g/mol. The van der Waals surface area contributed by atoms with Gasteiger partial charge in [0.2, 0.25) is 6.29 Å². The molecule has 23 N–H and O–H groups in total. The van der Waals surface area contributed by atoms with Crippen molar-refractivity contribution in [3.05, 3.63) is 11.6 Å². The molecular formula is C79H128O42. The Morgan fingerprint density at radius 3 is 1.55 bits per heavy atom. The van der Waals surface area contributed by atoms with E-state index >= 15 is 4.79 Å². The summed E-state index contributed by atoms with van der Waals surface area (Å²) in [4.78, 5) is 16.2. The summed E-state index contributed by atoms with van der Waals surface area (Å²) >= 11 is 0. The summed E-state index contributed by atoms with van der Waals surface area (Å²) in [5.74, 6) is -1.54. The van der Waals surface area contributed by atoms with Crippen LogP contribution in [0.5, 0.6) is 0 Å². The van der Waals surface area contributed by atoms with Crippen LogP contribution in [0.1, 0.15) is 120 Å². The van der Waals surface area contributed by atoms with Crippen molar-refractivity contribution in [3.63, 3.8) is 0 Å². The van der Waals surface area contributed by atoms with Crippen LogP contribution >= 0.6 is 0 Å². The minimum atomic E-state index is -2.14. The van der Waals surface area contributed by atoms with Crippen molar-refractivity contribution in [1.82, 2.24) is 0 Å². The summed E-state index contributed by atoms with van der Waals surface area (Å²) in [6.07, 6.45) is -62.5. The highest BCUT2D eigenvalue weighted by Gasteiger charge is 2.72. The monoisotopic (exact) mass is 1750 g/mol. The Hall–Kier alpha value is -2.39. The maximum absolute atomic E-state index is 16.2. The van der Waals surface area contributed by atoms with E-state index in [2.05, 4.69) is 40.7 Å². The Morgan fingerprint density at radius 1 is 0.405 bits per heavy atom. The Labute approximate surface area is 697 Å². The van der Waals surface area contributed by atoms with Crippen molar-refractivity contribution >= 4 is 5.97 Å². The lowest BCUT2D eigenvalue weighted by molar-refractivity contribution is -0.382. The minimum absolute atomic E-state index is 0.0441. The van der Waals surface area contributed by atoms with E-state index in [9.17, 15) is 117 Å². The number of aliphatic hydroxyl groups excluding tert-OH is 23. The quantitative estimate of drug-likeness (QED) is 0.0288. The van der Waals surface area contributed by atoms with Crippen LogP contribution in [-0.4, -0.2) is 428 Å². The predicted molar refractivity (Wildman–Crippen MR) is 395 cm³/mol. The van der Waals surface area contributed by atoms with Crippen molar-refractivity contribution in [2.24, 2.45) is 50.2 Å². The van der Waals surface area contributed by atoms with E-state index in [4.69, 9.17) is 85.3 Å². The van der Waals surface area contributed by atoms with Gasteiger partial charge in [-0.3, -0.25) is 4.79 Å². The van der Waals surface area contributed by atoms with Crippen LogP contribution in [0.25, 0.3) is 0 Å². The van der Waals surface area contributed by atoms with E-state index in [0.29, 0.717) is 57.8 Å². The lowest BCUT2D eigenvalue weighted by Gasteiger charge is -2.71. The van der Waals surface area contributed by atoms with Gasteiger partial charge in [-0.2, -0.15) is 0 Å². The first-order valence-electron chi connectivity index (χ1n) is 42.3. The Kier molecular flexibility index (Phi) is 28.8. The Balaban J connectivity index is 0.681. The zero-order chi connectivity index (χ0) is 87.7. The highest BCUT2D eigenvalue weighted by atomic mass is 16.8. The van der Waals surface area contributed by atoms with Gasteiger partial charge in [0.1, 0.15) is 171 Å². The number of aliphatic hydroxyl groups is 23. The molecule has 4 saturated carbocycles. The summed E-state index contributed by atoms with van der Waals surface area (Å²) in [6, 6.07) is 0. The van der Waals surface area contributed by atoms with Gasteiger partial charge in [0.25, 0.3) is 0 Å². The van der Waals surface area contributed by atoms with E-state index in [1.807, 2.05) is 6.92 Å². The Morgan fingerprint density at radius 2 is 0.901 bits per heavy atom. The van der Waals surface area contributed by atoms with E-state index in [1.54, 1.807) is 0 Å². The lowest BCUT2D eigenvalue weighted by Crippen LogP contribution is -2.67. The molecule has 13 fully saturated rings. The van der Waals surface area contributed by atoms with Gasteiger partial charge in [-0.15, -0.1) is 0 Å². The molecule has 0 amide bonds. The molecule has 49 atom stereocenters. The number of ether oxygens (including phenoxy) is 18. The highest BCUT2D eigenvalue weighted by molar-refractivity contribution is 5.79. The first-order chi connectivity index (χ1) is 57.0. The second kappa shape index (κ2) is 36.7. The number of hydrogen-bond acceptors (Lipinski definition) is 42. The molecule has 0 aromatic heterocycles. The molecule has 9 aliphatic heterocycles. The van der Waals surface area contributed by atoms with E-state index in [0.717, 1.165) is 5.57 Å². The van der Waals surface area contributed by atoms with Crippen LogP contribution in [0, 0.1) is 50.2 Å². The maximum atomic E-state index is 16.2. The zero-order valence-corrected chi connectivity index (χ0v) is 68.8. The molecule has 696 valence electrons. The molecule has 14 aliphatic rings. The third-order valence-electron chi connectivity index (χ3n) is 30.1. The fourth-order valence-electron chi connectivity index (χ4n) is 22.3. The first-order valence-corrected chi connectivity index (χ1v) is 42.3. The molecule has 0 unspecified atom stereocenters. The zero-order valence-electron chi connectivity index (χ0n) is 68.8. The summed E-state index contributed by atoms with van der Waals surface area (Å²) in [5.41, 5.74) is -3.19. The molecular weight excluding hydrogens is 1620 g/mol. The van der Waals surface area contributed by atoms with Crippen LogP contribution < -0.4 is 0 Å². The van der Waals surface area contributed by atoms with Crippen LogP contribution in [0.2, 0.25) is 0 Å². The first kappa shape index (κ1) is 94.7. The minimum Gasteiger partial charge on any atom is -0.432 e. The molecule has 14 rings (SSSR count). The van der Waals surface area contributed by atoms with Gasteiger partial charge in [0, 0.05) is 5.41 Å². The summed E-state index contributed by atoms with van der Waals surface area (Å²) in [6.45, 7) is 11.2. The SMILES string of the molecule is C[C@@H]1O[C@@H](O[C@H]2[C@H](O)[C@@H](O)[C@H](OC[C@H]3O[C@@H](OC(=O)[C@]45CCC(C)(C)C[C@H]4C4=CC[C@@H]6[C@@]7(C)CC[C@H](O[C@@H]8OC[C@H](O)[C@H](O)[C@H]8O[C@@H]8O[C@@H](C)[C@H](O)[C@@H](O[C@@H]9OC[C@@H](O[C@@H]%10OC[C@@H](O)[C@H](O)[C@H]%10O)[C@H](O)[C@H]9O)[C@H]8O)[C@@](C)(CO)[C@@H]7CC[C@@]6(C)[C@]4(C)CC5)[C@H](O[C@@H]4OC[C@@H](O)[C@H](O[C@@H]5OC[C@@H](O)[C@H](O)[C@H]5O)[C@H]4O)[C@@H](O)[C@@H]3O)O[C@@H]2CO)[C@H](O)[C@H](O)[C@H]1O. The fourth-order valence-corrected chi connectivity index (χ4v) is 22.3. The normalized spacial score (nSPS) is 55.3. The summed E-state index contributed by atoms with van der Waals surface area (Å²) in [7, 11) is 0. The third kappa shape index (κ3) is 17.3. The predicted octanol–water partition coefficient (Wildman–Crippen LogP) is -8.69. The third-order valence-corrected chi connectivity index (χ3v) is 30.1. The highest BCUT2D eigenvalue weighted by Crippen LogP contribution is 2.76. The number of hydrogen-bond donors (Lipinski definition) is 23. The van der Waals surface area contributed by atoms with Gasteiger partial charge in [-0.1, -0.05) is 53.2 Å². The number of allylic oxidation sites excluding steroid dienone is 2. The number of carbonyl (C=O) groups excluding carboxylic acids is 1. The van der Waals surface area contributed by atoms with Crippen LogP contribution in [0.4, 0.5) is 0 Å². The second-order valence-electron chi connectivity index (χ2n) is 37.9. The van der Waals surface area contributed by atoms with Crippen molar-refractivity contribution < 1.29 is 208 Å². The van der Waals surface area contributed by atoms with Gasteiger partial charge >= 0.3 is 5.97 Å². The Bertz CT molecular complexity index is 3480. The lowest BCUT2D eigenvalue weighted by atomic mass is 9.33. The van der Waals surface area contributed by atoms with Crippen LogP contribution in [0.15, 0.2) is 11.6 Å². The van der Waals surface area contributed by atoms with Crippen molar-refractivity contribution in [1.29, 1.82) is 0 Å². The van der Waals surface area contributed by atoms with Gasteiger partial charge in [-0.05, 0) is 117 Å². The molecule has 0 aromatic rings. The molecule has 9 saturated heterocycles. The van der Waals surface area contributed by atoms with Gasteiger partial charge in [0.05, 0.1) is 76.6 Å². The van der Waals surface area contributed by atoms with E-state index < -0.39 is 337 Å². The molecule has 0 aromatic carbocycles. The topological polar surface area (TPSA) is 649 Å². The van der Waals surface area contributed by atoms with E-state index in [-0.39, 0.29) is 30.3 Å². The molecule has 5 aliphatic carbocycles. The standard InChI is InChI=1S/C79H128O42/c1-28-42(86)49(93)55(99)69(110-28)117-60-36(20-80)112-65(56(100)51(60)95)108-25-37-47(91)50(94)63(119-68-57(101)59(35(85)24-106-68)116-66-53(97)45(89)33(83)22-105-66)72(114-37)121-73(103)79-17-15-74(3,4)19-31(79)30-9-10-40-75(5)13-12-41(76(6,27-81)39(75)11-14-78(40,8)77(30,7)16-18-79)115-71-62(46(90)34(84)23-107-71)120-70-58(102)61(43(87)29(2)111-70)118-67-54(98)48(92)38(26-109-67)113-64-52(96)44(88)32(82)21-104-64/h9,28-29,31-72,80-102H,10-27H2,1-8H3/t28-,29-,31-,32+,33+,34-,35+,36+,37+,38+,39+,40+,41-,42-,43-,44-,45-,46-,47+,48-,49+,50-,51+,52+,53+,54+,55+,56+,57+,58+,59-,60+,61+,62+,63+,64-,65+,66-,67-,68-,69-,70-,71-,72-,75-,76-,77+,78+,79-/m0/s1. The number of rotatable bonds is 21. The largest absolute Gasteiger partial charge is 0.432 e. The molecule has 0 bridgehead atoms. The molecule has 42 heteroatoms. The van der Waals surface area contributed by atoms with Crippen LogP contribution in [0.3, 0.4) is 0 Å². The average Bonchev–Trinajstić information content (AvgIpc) is 0.672. The summed E-state index contributed by atoms with van der Waals surface area (Å²) < 4.78 is 107. The van der Waals surface area contributed by atoms with Crippen molar-refractivity contribution in [2.45, 2.75) is 372 Å². The van der Waals surface area contributed by atoms with Crippen molar-refractivity contribution in [3.8, 4) is 0 Å². The molecule has 121 heavy (non-hydrogen) atoms. The van der Waals surface area contributed by atoms with Crippen LogP contribution in [-0.2, 0) is 90.1 Å². The number of esters is 1. The number of carbonyl (C=O) groups is 1. The second-order valence-corrected chi connectivity index (χ2v) is 37.9. The van der Waals surface area contributed by atoms with Crippen molar-refractivity contribution in [2.75, 3.05) is 52.9 Å². The van der Waals surface area contributed by atoms with E-state index in [1.165, 1.54) is 13.8 Å². The molecule has 9 heterocycles. The molecule has 0 spiro atoms. The molecule has 0 radical (unpaired) electrons. The number of fused-ring (bicyclic) bond motifs is 7. The smallest absolute Gasteiger partial charge is 0.315 e. The fraction of sp³-hybridized carbons (Fsp3) is 0.962. The van der Waals surface area contributed by atoms with Gasteiger partial charge in [0.15, 0.2) is 56.4 Å². The van der Waals surface area contributed by atoms with Gasteiger partial charge in [-0.25, -0.2) is 0 Å². The summed E-state index contributed by atoms with van der Waals surface area (Å²) in [5, 5.41) is 255.